The summed E-state index contributed by atoms with van der Waals surface area (Å²) in [6, 6.07) is 0. The third-order valence-electron chi connectivity index (χ3n) is 4.42. The Morgan fingerprint density at radius 2 is 1.88 bits per heavy atom. The molecule has 1 aliphatic carbocycles. The SMILES string of the molecule is CC(C)CCOC1CC2(CCN(C)CC2)C1. The zero-order valence-corrected chi connectivity index (χ0v) is 11.2. The van der Waals surface area contributed by atoms with E-state index in [1.165, 1.54) is 45.2 Å². The van der Waals surface area contributed by atoms with Crippen LogP contribution >= 0.6 is 0 Å². The first-order chi connectivity index (χ1) is 7.60. The molecule has 2 fully saturated rings. The summed E-state index contributed by atoms with van der Waals surface area (Å²) in [5.74, 6) is 0.775. The van der Waals surface area contributed by atoms with Gasteiger partial charge in [-0.15, -0.1) is 0 Å². The molecule has 0 atom stereocenters. The standard InChI is InChI=1S/C14H27NO/c1-12(2)4-9-16-13-10-14(11-13)5-7-15(3)8-6-14/h12-13H,4-11H2,1-3H3. The van der Waals surface area contributed by atoms with Crippen LogP contribution in [0.5, 0.6) is 0 Å². The number of hydrogen-bond donors (Lipinski definition) is 0. The summed E-state index contributed by atoms with van der Waals surface area (Å²) in [7, 11) is 2.24. The molecule has 2 heteroatoms. The van der Waals surface area contributed by atoms with E-state index in [9.17, 15) is 0 Å². The second-order valence-electron chi connectivity index (χ2n) is 6.39. The fourth-order valence-electron chi connectivity index (χ4n) is 3.00. The molecule has 1 spiro atoms. The summed E-state index contributed by atoms with van der Waals surface area (Å²) >= 11 is 0. The number of rotatable bonds is 4. The largest absolute Gasteiger partial charge is 0.378 e. The summed E-state index contributed by atoms with van der Waals surface area (Å²) in [6.45, 7) is 8.08. The molecule has 0 amide bonds. The van der Waals surface area contributed by atoms with E-state index in [1.807, 2.05) is 0 Å². The van der Waals surface area contributed by atoms with E-state index in [0.717, 1.165) is 12.5 Å². The van der Waals surface area contributed by atoms with Crippen LogP contribution in [0, 0.1) is 11.3 Å². The van der Waals surface area contributed by atoms with Crippen LogP contribution in [-0.4, -0.2) is 37.7 Å². The zero-order valence-electron chi connectivity index (χ0n) is 11.2. The van der Waals surface area contributed by atoms with Crippen LogP contribution in [0.2, 0.25) is 0 Å². The smallest absolute Gasteiger partial charge is 0.0585 e. The van der Waals surface area contributed by atoms with Crippen molar-refractivity contribution >= 4 is 0 Å². The summed E-state index contributed by atoms with van der Waals surface area (Å²) < 4.78 is 5.93. The van der Waals surface area contributed by atoms with Crippen molar-refractivity contribution < 1.29 is 4.74 Å². The Kier molecular flexibility index (Phi) is 3.91. The summed E-state index contributed by atoms with van der Waals surface area (Å²) in [5, 5.41) is 0. The number of nitrogens with zero attached hydrogens (tertiary/aromatic N) is 1. The lowest BCUT2D eigenvalue weighted by Crippen LogP contribution is -2.49. The molecule has 0 bridgehead atoms. The minimum Gasteiger partial charge on any atom is -0.378 e. The second-order valence-corrected chi connectivity index (χ2v) is 6.39. The highest BCUT2D eigenvalue weighted by atomic mass is 16.5. The summed E-state index contributed by atoms with van der Waals surface area (Å²) in [6.07, 6.45) is 7.26. The molecule has 0 unspecified atom stereocenters. The highest BCUT2D eigenvalue weighted by molar-refractivity contribution is 4.97. The first kappa shape index (κ1) is 12.4. The topological polar surface area (TPSA) is 12.5 Å². The van der Waals surface area contributed by atoms with Gasteiger partial charge in [0, 0.05) is 6.61 Å². The Morgan fingerprint density at radius 1 is 1.25 bits per heavy atom. The molecule has 16 heavy (non-hydrogen) atoms. The molecular weight excluding hydrogens is 198 g/mol. The van der Waals surface area contributed by atoms with Crippen LogP contribution < -0.4 is 0 Å². The van der Waals surface area contributed by atoms with E-state index in [2.05, 4.69) is 25.8 Å². The van der Waals surface area contributed by atoms with E-state index in [0.29, 0.717) is 11.5 Å². The molecule has 1 saturated carbocycles. The molecule has 94 valence electrons. The molecule has 1 aliphatic heterocycles. The maximum absolute atomic E-state index is 5.93. The Morgan fingerprint density at radius 3 is 2.44 bits per heavy atom. The molecule has 0 radical (unpaired) electrons. The van der Waals surface area contributed by atoms with E-state index in [-0.39, 0.29) is 0 Å². The molecule has 2 aliphatic rings. The van der Waals surface area contributed by atoms with Crippen LogP contribution in [0.25, 0.3) is 0 Å². The Labute approximate surface area is 100 Å². The lowest BCUT2D eigenvalue weighted by Gasteiger charge is -2.51. The third kappa shape index (κ3) is 2.98. The monoisotopic (exact) mass is 225 g/mol. The third-order valence-corrected chi connectivity index (χ3v) is 4.42. The van der Waals surface area contributed by atoms with Gasteiger partial charge < -0.3 is 9.64 Å². The molecule has 0 aromatic heterocycles. The van der Waals surface area contributed by atoms with Crippen LogP contribution in [0.3, 0.4) is 0 Å². The van der Waals surface area contributed by atoms with Crippen LogP contribution in [0.15, 0.2) is 0 Å². The van der Waals surface area contributed by atoms with Crippen molar-refractivity contribution in [3.05, 3.63) is 0 Å². The van der Waals surface area contributed by atoms with E-state index in [4.69, 9.17) is 4.74 Å². The van der Waals surface area contributed by atoms with Gasteiger partial charge in [0.1, 0.15) is 0 Å². The van der Waals surface area contributed by atoms with Crippen molar-refractivity contribution in [2.24, 2.45) is 11.3 Å². The number of hydrogen-bond acceptors (Lipinski definition) is 2. The number of ether oxygens (including phenoxy) is 1. The van der Waals surface area contributed by atoms with Crippen molar-refractivity contribution in [1.29, 1.82) is 0 Å². The van der Waals surface area contributed by atoms with Crippen molar-refractivity contribution in [3.63, 3.8) is 0 Å². The highest BCUT2D eigenvalue weighted by Gasteiger charge is 2.45. The van der Waals surface area contributed by atoms with Gasteiger partial charge in [0.2, 0.25) is 0 Å². The van der Waals surface area contributed by atoms with Crippen molar-refractivity contribution in [2.45, 2.75) is 52.1 Å². The molecule has 0 N–H and O–H groups in total. The lowest BCUT2D eigenvalue weighted by molar-refractivity contribution is -0.104. The van der Waals surface area contributed by atoms with Crippen LogP contribution in [0.4, 0.5) is 0 Å². The van der Waals surface area contributed by atoms with Crippen LogP contribution in [-0.2, 0) is 4.74 Å². The van der Waals surface area contributed by atoms with Gasteiger partial charge in [0.05, 0.1) is 6.10 Å². The summed E-state index contributed by atoms with van der Waals surface area (Å²) in [4.78, 5) is 2.46. The van der Waals surface area contributed by atoms with Gasteiger partial charge in [0.15, 0.2) is 0 Å². The van der Waals surface area contributed by atoms with Gasteiger partial charge in [-0.3, -0.25) is 0 Å². The Balaban J connectivity index is 1.62. The minimum atomic E-state index is 0.585. The van der Waals surface area contributed by atoms with Gasteiger partial charge in [-0.1, -0.05) is 13.8 Å². The molecule has 2 rings (SSSR count). The lowest BCUT2D eigenvalue weighted by atomic mass is 9.61. The fourth-order valence-corrected chi connectivity index (χ4v) is 3.00. The van der Waals surface area contributed by atoms with E-state index >= 15 is 0 Å². The Bertz CT molecular complexity index is 211. The van der Waals surface area contributed by atoms with Gasteiger partial charge in [-0.2, -0.15) is 0 Å². The highest BCUT2D eigenvalue weighted by Crippen LogP contribution is 2.50. The maximum Gasteiger partial charge on any atom is 0.0585 e. The molecule has 1 heterocycles. The van der Waals surface area contributed by atoms with Crippen molar-refractivity contribution in [2.75, 3.05) is 26.7 Å². The first-order valence-electron chi connectivity index (χ1n) is 6.90. The van der Waals surface area contributed by atoms with E-state index < -0.39 is 0 Å². The summed E-state index contributed by atoms with van der Waals surface area (Å²) in [5.41, 5.74) is 0.676. The van der Waals surface area contributed by atoms with Gasteiger partial charge >= 0.3 is 0 Å². The predicted molar refractivity (Wildman–Crippen MR) is 67.6 cm³/mol. The van der Waals surface area contributed by atoms with Gasteiger partial charge in [0.25, 0.3) is 0 Å². The fraction of sp³-hybridized carbons (Fsp3) is 1.00. The van der Waals surface area contributed by atoms with Crippen molar-refractivity contribution in [1.82, 2.24) is 4.90 Å². The predicted octanol–water partition coefficient (Wildman–Crippen LogP) is 2.92. The maximum atomic E-state index is 5.93. The first-order valence-corrected chi connectivity index (χ1v) is 6.90. The molecule has 1 saturated heterocycles. The van der Waals surface area contributed by atoms with Crippen LogP contribution in [0.1, 0.15) is 46.0 Å². The minimum absolute atomic E-state index is 0.585. The average molecular weight is 225 g/mol. The van der Waals surface area contributed by atoms with Gasteiger partial charge in [-0.05, 0) is 63.6 Å². The quantitative estimate of drug-likeness (QED) is 0.729. The number of piperidine rings is 1. The molecule has 0 aromatic rings. The Hall–Kier alpha value is -0.0800. The molecule has 2 nitrogen and oxygen atoms in total. The van der Waals surface area contributed by atoms with E-state index in [1.54, 1.807) is 0 Å². The second kappa shape index (κ2) is 5.05. The average Bonchev–Trinajstić information content (AvgIpc) is 2.18. The van der Waals surface area contributed by atoms with Gasteiger partial charge in [-0.25, -0.2) is 0 Å². The molecule has 0 aromatic carbocycles. The normalized spacial score (nSPS) is 26.2. The molecular formula is C14H27NO. The zero-order chi connectivity index (χ0) is 11.6. The van der Waals surface area contributed by atoms with Crippen molar-refractivity contribution in [3.8, 4) is 0 Å². The number of likely N-dealkylation sites (tertiary alicyclic amines) is 1.